The van der Waals surface area contributed by atoms with E-state index in [1.807, 2.05) is 0 Å². The number of hydrogen-bond donors (Lipinski definition) is 8. The maximum absolute atomic E-state index is 12.2. The third-order valence-corrected chi connectivity index (χ3v) is 8.42. The molecule has 0 aliphatic carbocycles. The molecule has 0 amide bonds. The summed E-state index contributed by atoms with van der Waals surface area (Å²) in [6.45, 7) is 0.0679. The molecule has 0 unspecified atom stereocenters. The Morgan fingerprint density at radius 2 is 0.957 bits per heavy atom. The molecule has 4 rings (SSSR count). The number of carbonyl (C=O) groups is 2. The molecular weight excluding hydrogens is 644 g/mol. The Morgan fingerprint density at radius 3 is 1.28 bits per heavy atom. The number of aromatic carboxylic acids is 2. The smallest absolute Gasteiger partial charge is 0.339 e. The first-order valence-electron chi connectivity index (χ1n) is 13.0. The van der Waals surface area contributed by atoms with Crippen LogP contribution in [0.25, 0.3) is 12.2 Å². The van der Waals surface area contributed by atoms with Gasteiger partial charge in [0.1, 0.15) is 32.4 Å². The van der Waals surface area contributed by atoms with Crippen LogP contribution >= 0.6 is 0 Å². The van der Waals surface area contributed by atoms with Crippen molar-refractivity contribution >= 4 is 55.7 Å². The van der Waals surface area contributed by atoms with Gasteiger partial charge in [-0.15, -0.1) is 0 Å². The van der Waals surface area contributed by atoms with Crippen molar-refractivity contribution in [3.8, 4) is 11.5 Å². The first kappa shape index (κ1) is 33.5. The van der Waals surface area contributed by atoms with Crippen LogP contribution in [0, 0.1) is 0 Å². The molecule has 4 aromatic carbocycles. The van der Waals surface area contributed by atoms with Crippen LogP contribution in [0.15, 0.2) is 82.6 Å². The topological polar surface area (TPSA) is 248 Å². The molecule has 0 spiro atoms. The van der Waals surface area contributed by atoms with E-state index in [4.69, 9.17) is 0 Å². The van der Waals surface area contributed by atoms with E-state index in [-0.39, 0.29) is 46.7 Å². The van der Waals surface area contributed by atoms with Crippen molar-refractivity contribution in [2.75, 3.05) is 10.6 Å². The highest BCUT2D eigenvalue weighted by Gasteiger charge is 2.18. The quantitative estimate of drug-likeness (QED) is 0.0770. The molecule has 0 aromatic heterocycles. The zero-order valence-corrected chi connectivity index (χ0v) is 25.1. The number of hydrogen-bond acceptors (Lipinski definition) is 10. The largest absolute Gasteiger partial charge is 0.507 e. The summed E-state index contributed by atoms with van der Waals surface area (Å²) in [7, 11) is -9.58. The summed E-state index contributed by atoms with van der Waals surface area (Å²) < 4.78 is 68.5. The normalized spacial score (nSPS) is 11.8. The van der Waals surface area contributed by atoms with E-state index >= 15 is 0 Å². The predicted molar refractivity (Wildman–Crippen MR) is 166 cm³/mol. The van der Waals surface area contributed by atoms with Gasteiger partial charge in [-0.3, -0.25) is 9.11 Å². The molecule has 46 heavy (non-hydrogen) atoms. The van der Waals surface area contributed by atoms with Crippen molar-refractivity contribution in [3.63, 3.8) is 0 Å². The van der Waals surface area contributed by atoms with Crippen molar-refractivity contribution < 1.29 is 56.0 Å². The highest BCUT2D eigenvalue weighted by atomic mass is 32.2. The van der Waals surface area contributed by atoms with Crippen LogP contribution < -0.4 is 10.6 Å². The third kappa shape index (κ3) is 8.19. The Balaban J connectivity index is 1.58. The number of nitrogens with one attached hydrogen (secondary N) is 2. The zero-order chi connectivity index (χ0) is 33.8. The monoisotopic (exact) mass is 670 g/mol. The van der Waals surface area contributed by atoms with Crippen LogP contribution in [0.4, 0.5) is 11.4 Å². The summed E-state index contributed by atoms with van der Waals surface area (Å²) in [5.74, 6) is -3.52. The van der Waals surface area contributed by atoms with Gasteiger partial charge in [-0.25, -0.2) is 9.59 Å². The van der Waals surface area contributed by atoms with E-state index in [1.165, 1.54) is 72.8 Å². The number of carboxylic acid groups (broad SMARTS) is 2. The van der Waals surface area contributed by atoms with Gasteiger partial charge >= 0.3 is 11.9 Å². The predicted octanol–water partition coefficient (Wildman–Crippen LogP) is 4.38. The molecule has 0 heterocycles. The SMILES string of the molecule is O=C(O)c1cc(CNc2ccc(/C=C/c3ccc(NCc4ccc(O)c(C(=O)O)c4)cc3S(=O)(=O)O)c(S(=O)(=O)O)c2)ccc1O. The first-order valence-corrected chi connectivity index (χ1v) is 15.9. The minimum absolute atomic E-state index is 0.0316. The summed E-state index contributed by atoms with van der Waals surface area (Å²) in [5, 5.41) is 43.5. The van der Waals surface area contributed by atoms with Crippen LogP contribution in [0.5, 0.6) is 11.5 Å². The van der Waals surface area contributed by atoms with Crippen molar-refractivity contribution in [2.45, 2.75) is 22.9 Å². The summed E-state index contributed by atoms with van der Waals surface area (Å²) in [4.78, 5) is 21.5. The number of rotatable bonds is 12. The van der Waals surface area contributed by atoms with Crippen molar-refractivity contribution in [2.24, 2.45) is 0 Å². The number of aromatic hydroxyl groups is 2. The van der Waals surface area contributed by atoms with Gasteiger partial charge in [-0.2, -0.15) is 16.8 Å². The molecule has 0 saturated carbocycles. The first-order chi connectivity index (χ1) is 21.5. The second kappa shape index (κ2) is 13.3. The molecule has 4 aromatic rings. The summed E-state index contributed by atoms with van der Waals surface area (Å²) in [5.41, 5.74) is 0.663. The fourth-order valence-corrected chi connectivity index (χ4v) is 5.75. The van der Waals surface area contributed by atoms with E-state index in [2.05, 4.69) is 10.6 Å². The van der Waals surface area contributed by atoms with Gasteiger partial charge in [0, 0.05) is 24.5 Å². The lowest BCUT2D eigenvalue weighted by Crippen LogP contribution is -2.06. The average Bonchev–Trinajstić information content (AvgIpc) is 2.98. The lowest BCUT2D eigenvalue weighted by Gasteiger charge is -2.12. The average molecular weight is 671 g/mol. The summed E-state index contributed by atoms with van der Waals surface area (Å²) >= 11 is 0. The summed E-state index contributed by atoms with van der Waals surface area (Å²) in [6, 6.07) is 15.6. The Labute approximate surface area is 262 Å². The fourth-order valence-electron chi connectivity index (χ4n) is 4.33. The lowest BCUT2D eigenvalue weighted by atomic mass is 10.1. The van der Waals surface area contributed by atoms with Crippen LogP contribution in [0.2, 0.25) is 0 Å². The third-order valence-electron chi connectivity index (χ3n) is 6.60. The van der Waals surface area contributed by atoms with Gasteiger partial charge in [0.25, 0.3) is 20.2 Å². The zero-order valence-electron chi connectivity index (χ0n) is 23.4. The van der Waals surface area contributed by atoms with Crippen LogP contribution in [0.3, 0.4) is 0 Å². The Hall–Kier alpha value is -5.42. The summed E-state index contributed by atoms with van der Waals surface area (Å²) in [6.07, 6.45) is 2.43. The Bertz CT molecular complexity index is 1940. The van der Waals surface area contributed by atoms with Crippen LogP contribution in [-0.2, 0) is 33.3 Å². The van der Waals surface area contributed by atoms with Gasteiger partial charge in [0.2, 0.25) is 0 Å². The van der Waals surface area contributed by atoms with E-state index in [0.29, 0.717) is 11.1 Å². The highest BCUT2D eigenvalue weighted by molar-refractivity contribution is 7.86. The second-order valence-electron chi connectivity index (χ2n) is 9.81. The van der Waals surface area contributed by atoms with E-state index < -0.39 is 53.5 Å². The molecular formula is C30H26N2O12S2. The van der Waals surface area contributed by atoms with Crippen molar-refractivity contribution in [1.29, 1.82) is 0 Å². The second-order valence-corrected chi connectivity index (χ2v) is 12.6. The lowest BCUT2D eigenvalue weighted by molar-refractivity contribution is 0.0682. The molecule has 0 saturated heterocycles. The minimum Gasteiger partial charge on any atom is -0.507 e. The van der Waals surface area contributed by atoms with Gasteiger partial charge in [0.05, 0.1) is 0 Å². The number of benzene rings is 4. The molecule has 0 radical (unpaired) electrons. The molecule has 14 nitrogen and oxygen atoms in total. The molecule has 0 aliphatic heterocycles. The molecule has 0 fully saturated rings. The minimum atomic E-state index is -4.79. The van der Waals surface area contributed by atoms with Gasteiger partial charge < -0.3 is 31.1 Å². The Kier molecular flexibility index (Phi) is 9.67. The maximum Gasteiger partial charge on any atom is 0.339 e. The molecule has 240 valence electrons. The fraction of sp³-hybridized carbons (Fsp3) is 0.0667. The molecule has 0 bridgehead atoms. The number of anilines is 2. The van der Waals surface area contributed by atoms with E-state index in [0.717, 1.165) is 12.1 Å². The molecule has 8 N–H and O–H groups in total. The van der Waals surface area contributed by atoms with E-state index in [1.54, 1.807) is 0 Å². The molecule has 16 heteroatoms. The van der Waals surface area contributed by atoms with Gasteiger partial charge in [0.15, 0.2) is 0 Å². The molecule has 0 aliphatic rings. The highest BCUT2D eigenvalue weighted by Crippen LogP contribution is 2.27. The van der Waals surface area contributed by atoms with Gasteiger partial charge in [-0.1, -0.05) is 36.4 Å². The van der Waals surface area contributed by atoms with Crippen LogP contribution in [0.1, 0.15) is 43.0 Å². The van der Waals surface area contributed by atoms with Crippen molar-refractivity contribution in [3.05, 3.63) is 106 Å². The maximum atomic E-state index is 12.2. The number of carboxylic acids is 2. The van der Waals surface area contributed by atoms with Gasteiger partial charge in [-0.05, 0) is 70.8 Å². The van der Waals surface area contributed by atoms with Crippen LogP contribution in [-0.4, -0.2) is 58.3 Å². The number of phenols is 2. The van der Waals surface area contributed by atoms with Crippen molar-refractivity contribution in [1.82, 2.24) is 0 Å². The van der Waals surface area contributed by atoms with E-state index in [9.17, 15) is 56.0 Å². The Morgan fingerprint density at radius 1 is 0.587 bits per heavy atom. The standard InChI is InChI=1S/C30H26N2O12S2/c33-25-9-1-17(11-23(25)29(35)36)15-31-21-7-5-19(27(13-21)45(39,40)41)3-4-20-6-8-22(14-28(20)46(42,43)44)32-16-18-2-10-26(34)24(12-18)30(37)38/h1-14,31-34H,15-16H2,(H,35,36)(H,37,38)(H,39,40,41)(H,42,43,44)/b4-3+. The molecule has 0 atom stereocenters.